The van der Waals surface area contributed by atoms with E-state index in [4.69, 9.17) is 18.3 Å². The summed E-state index contributed by atoms with van der Waals surface area (Å²) >= 11 is 0. The first-order valence-corrected chi connectivity index (χ1v) is 5.15. The molecule has 0 aromatic rings. The molecule has 4 aliphatic rings. The molecule has 68 valence electrons. The molecule has 4 aliphatic heterocycles. The van der Waals surface area contributed by atoms with Gasteiger partial charge in [0.15, 0.2) is 0 Å². The van der Waals surface area contributed by atoms with Gasteiger partial charge in [-0.15, -0.1) is 0 Å². The second-order valence-electron chi connectivity index (χ2n) is 3.06. The molecule has 6 nitrogen and oxygen atoms in total. The number of ether oxygens (including phenoxy) is 1. The number of morpholine rings is 1. The van der Waals surface area contributed by atoms with Gasteiger partial charge in [0.2, 0.25) is 5.79 Å². The van der Waals surface area contributed by atoms with Gasteiger partial charge in [-0.2, -0.15) is 0 Å². The van der Waals surface area contributed by atoms with E-state index >= 15 is 0 Å². The SMILES string of the molecule is CC12OCCNC13OP(=O)(O2)O3. The van der Waals surface area contributed by atoms with E-state index in [9.17, 15) is 4.57 Å². The van der Waals surface area contributed by atoms with Crippen molar-refractivity contribution in [3.05, 3.63) is 0 Å². The van der Waals surface area contributed by atoms with Crippen molar-refractivity contribution in [2.24, 2.45) is 0 Å². The van der Waals surface area contributed by atoms with Gasteiger partial charge >= 0.3 is 13.7 Å². The average Bonchev–Trinajstić information content (AvgIpc) is 2.27. The lowest BCUT2D eigenvalue weighted by Gasteiger charge is -2.42. The van der Waals surface area contributed by atoms with Crippen LogP contribution in [0.15, 0.2) is 0 Å². The topological polar surface area (TPSA) is 66.0 Å². The molecule has 4 saturated heterocycles. The third-order valence-electron chi connectivity index (χ3n) is 2.20. The summed E-state index contributed by atoms with van der Waals surface area (Å²) in [7, 11) is -3.27. The van der Waals surface area contributed by atoms with Crippen LogP contribution in [0.2, 0.25) is 0 Å². The fourth-order valence-electron chi connectivity index (χ4n) is 1.61. The zero-order valence-electron chi connectivity index (χ0n) is 6.40. The van der Waals surface area contributed by atoms with Crippen molar-refractivity contribution < 1.29 is 22.9 Å². The van der Waals surface area contributed by atoms with E-state index < -0.39 is 19.5 Å². The van der Waals surface area contributed by atoms with Crippen LogP contribution in [-0.4, -0.2) is 24.8 Å². The quantitative estimate of drug-likeness (QED) is 0.553. The van der Waals surface area contributed by atoms with Crippen LogP contribution in [0.3, 0.4) is 0 Å². The van der Waals surface area contributed by atoms with Crippen molar-refractivity contribution in [3.8, 4) is 0 Å². The summed E-state index contributed by atoms with van der Waals surface area (Å²) in [6.07, 6.45) is 0. The highest BCUT2D eigenvalue weighted by molar-refractivity contribution is 7.50. The molecule has 0 aromatic heterocycles. The predicted octanol–water partition coefficient (Wildman–Crippen LogP) is 0.161. The smallest absolute Gasteiger partial charge is 0.343 e. The fraction of sp³-hybridized carbons (Fsp3) is 1.00. The van der Waals surface area contributed by atoms with Crippen LogP contribution in [-0.2, 0) is 22.9 Å². The van der Waals surface area contributed by atoms with Crippen molar-refractivity contribution in [2.45, 2.75) is 18.6 Å². The molecule has 2 bridgehead atoms. The Hall–Kier alpha value is 0.0300. The van der Waals surface area contributed by atoms with Gasteiger partial charge in [-0.25, -0.2) is 18.1 Å². The van der Waals surface area contributed by atoms with E-state index in [0.29, 0.717) is 13.2 Å². The second kappa shape index (κ2) is 1.77. The first-order chi connectivity index (χ1) is 5.58. The highest BCUT2D eigenvalue weighted by Crippen LogP contribution is 2.77. The molecule has 0 aromatic carbocycles. The van der Waals surface area contributed by atoms with Gasteiger partial charge in [0.25, 0.3) is 0 Å². The molecule has 0 saturated carbocycles. The minimum atomic E-state index is -3.27. The summed E-state index contributed by atoms with van der Waals surface area (Å²) in [6.45, 7) is 2.73. The molecule has 0 aliphatic carbocycles. The van der Waals surface area contributed by atoms with Crippen LogP contribution in [0.25, 0.3) is 0 Å². The maximum Gasteiger partial charge on any atom is 0.485 e. The zero-order chi connectivity index (χ0) is 8.45. The van der Waals surface area contributed by atoms with Crippen LogP contribution in [0, 0.1) is 0 Å². The fourth-order valence-corrected chi connectivity index (χ4v) is 3.38. The molecule has 7 heteroatoms. The van der Waals surface area contributed by atoms with Crippen LogP contribution in [0.1, 0.15) is 6.92 Å². The van der Waals surface area contributed by atoms with E-state index in [1.807, 2.05) is 0 Å². The van der Waals surface area contributed by atoms with Gasteiger partial charge in [0.05, 0.1) is 6.61 Å². The normalized spacial score (nSPS) is 62.4. The number of rotatable bonds is 0. The summed E-state index contributed by atoms with van der Waals surface area (Å²) in [5.74, 6) is -2.18. The van der Waals surface area contributed by atoms with Crippen molar-refractivity contribution in [1.29, 1.82) is 0 Å². The highest BCUT2D eigenvalue weighted by atomic mass is 31.2. The molecule has 12 heavy (non-hydrogen) atoms. The van der Waals surface area contributed by atoms with Crippen molar-refractivity contribution in [2.75, 3.05) is 13.2 Å². The van der Waals surface area contributed by atoms with E-state index in [2.05, 4.69) is 5.32 Å². The van der Waals surface area contributed by atoms with Crippen LogP contribution >= 0.6 is 7.82 Å². The lowest BCUT2D eigenvalue weighted by molar-refractivity contribution is -0.329. The molecule has 1 unspecified atom stereocenters. The Morgan fingerprint density at radius 1 is 1.42 bits per heavy atom. The number of hydrogen-bond acceptors (Lipinski definition) is 6. The van der Waals surface area contributed by atoms with Gasteiger partial charge < -0.3 is 4.74 Å². The highest BCUT2D eigenvalue weighted by Gasteiger charge is 2.79. The maximum atomic E-state index is 11.3. The van der Waals surface area contributed by atoms with E-state index in [-0.39, 0.29) is 0 Å². The summed E-state index contributed by atoms with van der Waals surface area (Å²) in [4.78, 5) is 0. The van der Waals surface area contributed by atoms with Crippen molar-refractivity contribution in [3.63, 3.8) is 0 Å². The number of phosphoric ester groups is 1. The zero-order valence-corrected chi connectivity index (χ0v) is 7.30. The summed E-state index contributed by atoms with van der Waals surface area (Å²) < 4.78 is 31.6. The summed E-state index contributed by atoms with van der Waals surface area (Å²) in [5, 5.41) is 2.92. The third kappa shape index (κ3) is 0.630. The lowest BCUT2D eigenvalue weighted by atomic mass is 10.2. The molecule has 1 atom stereocenters. The maximum absolute atomic E-state index is 11.3. The first kappa shape index (κ1) is 7.44. The number of hydrogen-bond donors (Lipinski definition) is 1. The molecule has 1 spiro atoms. The summed E-state index contributed by atoms with van der Waals surface area (Å²) in [6, 6.07) is 0. The Morgan fingerprint density at radius 2 is 2.17 bits per heavy atom. The molecule has 4 heterocycles. The standard InChI is InChI=1S/C5H8NO5P/c1-4-5(6-2-3-8-4)10-12(7,9-4)11-5/h6H,2-3H2,1H3. The third-order valence-corrected chi connectivity index (χ3v) is 3.74. The van der Waals surface area contributed by atoms with Gasteiger partial charge in [-0.05, 0) is 6.92 Å². The number of phosphoric acid groups is 1. The molecule has 4 rings (SSSR count). The van der Waals surface area contributed by atoms with Gasteiger partial charge in [0.1, 0.15) is 0 Å². The Balaban J connectivity index is 2.04. The molecule has 1 N–H and O–H groups in total. The minimum Gasteiger partial charge on any atom is -0.343 e. The van der Waals surface area contributed by atoms with Crippen molar-refractivity contribution >= 4 is 7.82 Å². The van der Waals surface area contributed by atoms with E-state index in [1.54, 1.807) is 6.92 Å². The van der Waals surface area contributed by atoms with E-state index in [0.717, 1.165) is 0 Å². The average molecular weight is 193 g/mol. The molecule has 0 amide bonds. The second-order valence-corrected chi connectivity index (χ2v) is 4.50. The molecular weight excluding hydrogens is 185 g/mol. The molecule has 0 radical (unpaired) electrons. The minimum absolute atomic E-state index is 0.491. The Kier molecular flexibility index (Phi) is 1.10. The predicted molar refractivity (Wildman–Crippen MR) is 36.0 cm³/mol. The van der Waals surface area contributed by atoms with Gasteiger partial charge in [0, 0.05) is 6.54 Å². The van der Waals surface area contributed by atoms with Crippen LogP contribution in [0.4, 0.5) is 0 Å². The number of nitrogens with one attached hydrogen (secondary N) is 1. The lowest BCUT2D eigenvalue weighted by Crippen LogP contribution is -2.67. The Labute approximate surface area is 68.7 Å². The van der Waals surface area contributed by atoms with Crippen LogP contribution in [0.5, 0.6) is 0 Å². The Morgan fingerprint density at radius 3 is 2.83 bits per heavy atom. The monoisotopic (exact) mass is 193 g/mol. The van der Waals surface area contributed by atoms with Crippen molar-refractivity contribution in [1.82, 2.24) is 5.32 Å². The summed E-state index contributed by atoms with van der Waals surface area (Å²) in [5.41, 5.74) is 0. The molecule has 4 fully saturated rings. The largest absolute Gasteiger partial charge is 0.485 e. The van der Waals surface area contributed by atoms with Gasteiger partial charge in [-0.1, -0.05) is 0 Å². The molecular formula is C5H8NO5P. The first-order valence-electron chi connectivity index (χ1n) is 3.69. The van der Waals surface area contributed by atoms with Gasteiger partial charge in [-0.3, -0.25) is 5.32 Å². The Bertz CT molecular complexity index is 278. The van der Waals surface area contributed by atoms with Crippen LogP contribution < -0.4 is 5.32 Å². The van der Waals surface area contributed by atoms with E-state index in [1.165, 1.54) is 0 Å².